The number of carboxylic acids is 1. The number of nitrogens with one attached hydrogen (secondary N) is 1. The van der Waals surface area contributed by atoms with E-state index in [1.807, 2.05) is 6.07 Å². The van der Waals surface area contributed by atoms with Crippen molar-refractivity contribution in [2.75, 3.05) is 5.32 Å². The highest BCUT2D eigenvalue weighted by Gasteiger charge is 2.14. The number of aliphatic carboxylic acids is 1. The van der Waals surface area contributed by atoms with Gasteiger partial charge < -0.3 is 10.4 Å². The van der Waals surface area contributed by atoms with Gasteiger partial charge in [0.05, 0.1) is 10.6 Å². The lowest BCUT2D eigenvalue weighted by Gasteiger charge is -2.11. The van der Waals surface area contributed by atoms with E-state index in [0.29, 0.717) is 11.3 Å². The summed E-state index contributed by atoms with van der Waals surface area (Å²) in [4.78, 5) is 22.2. The van der Waals surface area contributed by atoms with Gasteiger partial charge in [0.2, 0.25) is 5.91 Å². The molecule has 2 N–H and O–H groups in total. The number of rotatable bonds is 5. The van der Waals surface area contributed by atoms with E-state index in [-0.39, 0.29) is 23.8 Å². The minimum atomic E-state index is -0.930. The normalized spacial score (nSPS) is 11.4. The minimum Gasteiger partial charge on any atom is -0.481 e. The van der Waals surface area contributed by atoms with Crippen LogP contribution >= 0.6 is 11.6 Å². The second-order valence-electron chi connectivity index (χ2n) is 4.13. The van der Waals surface area contributed by atoms with Crippen LogP contribution in [0, 0.1) is 17.2 Å². The number of carboxylic acid groups (broad SMARTS) is 1. The van der Waals surface area contributed by atoms with Crippen molar-refractivity contribution in [2.45, 2.75) is 19.8 Å². The molecule has 19 heavy (non-hydrogen) atoms. The van der Waals surface area contributed by atoms with Crippen LogP contribution in [0.15, 0.2) is 18.2 Å². The topological polar surface area (TPSA) is 90.2 Å². The summed E-state index contributed by atoms with van der Waals surface area (Å²) >= 11 is 5.84. The summed E-state index contributed by atoms with van der Waals surface area (Å²) < 4.78 is 0. The molecule has 0 spiro atoms. The van der Waals surface area contributed by atoms with Crippen LogP contribution in [-0.2, 0) is 9.59 Å². The van der Waals surface area contributed by atoms with Crippen molar-refractivity contribution in [3.05, 3.63) is 28.8 Å². The lowest BCUT2D eigenvalue weighted by molar-refractivity contribution is -0.137. The Morgan fingerprint density at radius 3 is 2.74 bits per heavy atom. The Morgan fingerprint density at radius 2 is 2.21 bits per heavy atom. The monoisotopic (exact) mass is 280 g/mol. The zero-order chi connectivity index (χ0) is 14.4. The molecule has 0 fully saturated rings. The molecule has 6 heteroatoms. The summed E-state index contributed by atoms with van der Waals surface area (Å²) in [5.41, 5.74) is 0.815. The van der Waals surface area contributed by atoms with Crippen LogP contribution in [0.1, 0.15) is 25.3 Å². The molecule has 0 saturated heterocycles. The summed E-state index contributed by atoms with van der Waals surface area (Å²) in [7, 11) is 0. The van der Waals surface area contributed by atoms with Gasteiger partial charge in [0, 0.05) is 18.0 Å². The number of amides is 1. The number of carbonyl (C=O) groups excluding carboxylic acids is 1. The maximum Gasteiger partial charge on any atom is 0.303 e. The van der Waals surface area contributed by atoms with Crippen LogP contribution in [0.2, 0.25) is 5.02 Å². The molecule has 1 aromatic rings. The van der Waals surface area contributed by atoms with Crippen molar-refractivity contribution in [3.63, 3.8) is 0 Å². The Balaban J connectivity index is 2.64. The maximum atomic E-state index is 11.8. The summed E-state index contributed by atoms with van der Waals surface area (Å²) in [6.07, 6.45) is 0.216. The molecule has 100 valence electrons. The van der Waals surface area contributed by atoms with Gasteiger partial charge in [-0.15, -0.1) is 0 Å². The number of hydrogen-bond acceptors (Lipinski definition) is 3. The standard InChI is InChI=1S/C13H13ClN2O3/c1-8(2-5-12(17)18)13(19)16-10-4-3-9(7-15)11(14)6-10/h3-4,6,8H,2,5H2,1H3,(H,16,19)(H,17,18). The molecule has 0 radical (unpaired) electrons. The lowest BCUT2D eigenvalue weighted by atomic mass is 10.0. The number of hydrogen-bond donors (Lipinski definition) is 2. The maximum absolute atomic E-state index is 11.8. The molecule has 0 aromatic heterocycles. The zero-order valence-corrected chi connectivity index (χ0v) is 11.1. The molecule has 1 rings (SSSR count). The summed E-state index contributed by atoms with van der Waals surface area (Å²) in [6, 6.07) is 6.50. The Hall–Kier alpha value is -2.06. The molecule has 0 aliphatic carbocycles. The summed E-state index contributed by atoms with van der Waals surface area (Å²) in [5, 5.41) is 20.2. The highest BCUT2D eigenvalue weighted by Crippen LogP contribution is 2.21. The average molecular weight is 281 g/mol. The Bertz CT molecular complexity index is 537. The van der Waals surface area contributed by atoms with Crippen LogP contribution in [0.5, 0.6) is 0 Å². The van der Waals surface area contributed by atoms with Gasteiger partial charge in [0.25, 0.3) is 0 Å². The molecule has 5 nitrogen and oxygen atoms in total. The molecule has 0 bridgehead atoms. The van der Waals surface area contributed by atoms with Gasteiger partial charge in [-0.25, -0.2) is 0 Å². The van der Waals surface area contributed by atoms with Gasteiger partial charge in [-0.1, -0.05) is 18.5 Å². The van der Waals surface area contributed by atoms with Crippen molar-refractivity contribution in [3.8, 4) is 6.07 Å². The van der Waals surface area contributed by atoms with Gasteiger partial charge >= 0.3 is 5.97 Å². The summed E-state index contributed by atoms with van der Waals surface area (Å²) in [6.45, 7) is 1.66. The van der Waals surface area contributed by atoms with Crippen molar-refractivity contribution in [2.24, 2.45) is 5.92 Å². The third-order valence-electron chi connectivity index (χ3n) is 2.60. The number of anilines is 1. The predicted molar refractivity (Wildman–Crippen MR) is 70.8 cm³/mol. The first-order valence-electron chi connectivity index (χ1n) is 5.66. The van der Waals surface area contributed by atoms with Crippen LogP contribution in [0.4, 0.5) is 5.69 Å². The van der Waals surface area contributed by atoms with Crippen LogP contribution in [0.3, 0.4) is 0 Å². The molecular formula is C13H13ClN2O3. The first kappa shape index (κ1) is 15.0. The number of nitriles is 1. The first-order chi connectivity index (χ1) is 8.93. The van der Waals surface area contributed by atoms with E-state index in [0.717, 1.165) is 0 Å². The van der Waals surface area contributed by atoms with Gasteiger partial charge in [-0.05, 0) is 24.6 Å². The molecular weight excluding hydrogens is 268 g/mol. The van der Waals surface area contributed by atoms with Gasteiger partial charge in [-0.3, -0.25) is 9.59 Å². The van der Waals surface area contributed by atoms with E-state index in [4.69, 9.17) is 22.0 Å². The quantitative estimate of drug-likeness (QED) is 0.867. The second kappa shape index (κ2) is 6.76. The Labute approximate surface area is 115 Å². The SMILES string of the molecule is CC(CCC(=O)O)C(=O)Nc1ccc(C#N)c(Cl)c1. The molecule has 0 heterocycles. The summed E-state index contributed by atoms with van der Waals surface area (Å²) in [5.74, 6) is -1.62. The van der Waals surface area contributed by atoms with E-state index in [9.17, 15) is 9.59 Å². The fraction of sp³-hybridized carbons (Fsp3) is 0.308. The van der Waals surface area contributed by atoms with Gasteiger partial charge in [0.15, 0.2) is 0 Å². The third-order valence-corrected chi connectivity index (χ3v) is 2.91. The molecule has 1 amide bonds. The largest absolute Gasteiger partial charge is 0.481 e. The number of carbonyl (C=O) groups is 2. The Kier molecular flexibility index (Phi) is 5.34. The molecule has 0 aliphatic rings. The van der Waals surface area contributed by atoms with Crippen molar-refractivity contribution in [1.82, 2.24) is 0 Å². The van der Waals surface area contributed by atoms with Crippen LogP contribution < -0.4 is 5.32 Å². The van der Waals surface area contributed by atoms with Crippen molar-refractivity contribution >= 4 is 29.2 Å². The molecule has 0 aliphatic heterocycles. The van der Waals surface area contributed by atoms with Crippen molar-refractivity contribution in [1.29, 1.82) is 5.26 Å². The minimum absolute atomic E-state index is 0.0529. The highest BCUT2D eigenvalue weighted by atomic mass is 35.5. The second-order valence-corrected chi connectivity index (χ2v) is 4.54. The fourth-order valence-corrected chi connectivity index (χ4v) is 1.64. The average Bonchev–Trinajstić information content (AvgIpc) is 2.36. The molecule has 0 saturated carbocycles. The molecule has 1 unspecified atom stereocenters. The van der Waals surface area contributed by atoms with E-state index in [1.54, 1.807) is 13.0 Å². The van der Waals surface area contributed by atoms with E-state index in [2.05, 4.69) is 5.32 Å². The number of nitrogens with zero attached hydrogens (tertiary/aromatic N) is 1. The van der Waals surface area contributed by atoms with E-state index in [1.165, 1.54) is 12.1 Å². The lowest BCUT2D eigenvalue weighted by Crippen LogP contribution is -2.21. The molecule has 1 atom stereocenters. The van der Waals surface area contributed by atoms with Crippen molar-refractivity contribution < 1.29 is 14.7 Å². The van der Waals surface area contributed by atoms with Gasteiger partial charge in [-0.2, -0.15) is 5.26 Å². The predicted octanol–water partition coefficient (Wildman–Crippen LogP) is 2.65. The van der Waals surface area contributed by atoms with Crippen LogP contribution in [0.25, 0.3) is 0 Å². The van der Waals surface area contributed by atoms with E-state index >= 15 is 0 Å². The highest BCUT2D eigenvalue weighted by molar-refractivity contribution is 6.32. The van der Waals surface area contributed by atoms with E-state index < -0.39 is 11.9 Å². The number of benzene rings is 1. The zero-order valence-electron chi connectivity index (χ0n) is 10.3. The van der Waals surface area contributed by atoms with Gasteiger partial charge in [0.1, 0.15) is 6.07 Å². The first-order valence-corrected chi connectivity index (χ1v) is 6.04. The smallest absolute Gasteiger partial charge is 0.303 e. The van der Waals surface area contributed by atoms with Crippen LogP contribution in [-0.4, -0.2) is 17.0 Å². The molecule has 1 aromatic carbocycles. The Morgan fingerprint density at radius 1 is 1.53 bits per heavy atom. The fourth-order valence-electron chi connectivity index (χ4n) is 1.42. The number of halogens is 1. The third kappa shape index (κ3) is 4.60.